The van der Waals surface area contributed by atoms with Crippen LogP contribution in [0.1, 0.15) is 91.7 Å². The molecule has 1 aliphatic rings. The van der Waals surface area contributed by atoms with Crippen LogP contribution >= 0.6 is 7.37 Å². The van der Waals surface area contributed by atoms with Crippen LogP contribution in [0, 0.1) is 69.2 Å². The Labute approximate surface area is 478 Å². The Hall–Kier alpha value is -8.45. The Bertz CT molecular complexity index is 3900. The van der Waals surface area contributed by atoms with Crippen molar-refractivity contribution in [3.05, 3.63) is 236 Å². The molecule has 0 spiro atoms. The summed E-state index contributed by atoms with van der Waals surface area (Å²) in [5.74, 6) is 5.84. The van der Waals surface area contributed by atoms with E-state index in [9.17, 15) is 5.11 Å². The Morgan fingerprint density at radius 2 is 0.988 bits per heavy atom. The molecule has 9 heteroatoms. The van der Waals surface area contributed by atoms with E-state index in [2.05, 4.69) is 124 Å². The summed E-state index contributed by atoms with van der Waals surface area (Å²) in [5, 5.41) is 11.4. The lowest BCUT2D eigenvalue weighted by Crippen LogP contribution is -2.31. The maximum Gasteiger partial charge on any atom is 0.311 e. The third kappa shape index (κ3) is 11.5. The molecule has 0 saturated carbocycles. The second-order valence-corrected chi connectivity index (χ2v) is 24.5. The van der Waals surface area contributed by atoms with E-state index in [4.69, 9.17) is 28.2 Å². The number of hydrogen-bond acceptors (Lipinski definition) is 8. The van der Waals surface area contributed by atoms with Gasteiger partial charge in [-0.15, -0.1) is 0 Å². The lowest BCUT2D eigenvalue weighted by molar-refractivity contribution is 0.108. The number of aryl methyl sites for hydroxylation is 6. The molecule has 9 aromatic carbocycles. The van der Waals surface area contributed by atoms with Crippen molar-refractivity contribution in [1.82, 2.24) is 0 Å². The molecule has 0 fully saturated rings. The first-order valence-corrected chi connectivity index (χ1v) is 29.2. The average Bonchev–Trinajstić information content (AvgIpc) is 3.55. The minimum absolute atomic E-state index is 0.239. The summed E-state index contributed by atoms with van der Waals surface area (Å²) < 4.78 is 55.2. The molecule has 1 heterocycles. The van der Waals surface area contributed by atoms with Crippen molar-refractivity contribution in [1.29, 1.82) is 0 Å². The summed E-state index contributed by atoms with van der Waals surface area (Å²) in [7, 11) is -3.74. The van der Waals surface area contributed by atoms with Crippen molar-refractivity contribution in [3.8, 4) is 74.0 Å². The van der Waals surface area contributed by atoms with Crippen molar-refractivity contribution in [2.45, 2.75) is 108 Å². The first-order chi connectivity index (χ1) is 38.7. The summed E-state index contributed by atoms with van der Waals surface area (Å²) >= 11 is 0. The van der Waals surface area contributed by atoms with Gasteiger partial charge in [0.1, 0.15) is 70.6 Å². The maximum atomic E-state index is 15.6. The number of aromatic hydroxyl groups is 1. The van der Waals surface area contributed by atoms with E-state index < -0.39 is 13.0 Å². The number of hydrogen-bond donors (Lipinski definition) is 1. The smallest absolute Gasteiger partial charge is 0.311 e. The standard InChI is InChI=1S/C72H71O8P/c1-14-53-23-27-55(28-24-53)41-75-57-31-32-65(67(39-57)81(74)66-22-18-16-20-61(66)60-19-15-17-21-64(60)80-81)76-42-56-29-25-54(26-30-56)40-72(12,13)79-69-45(4)35-59(36-46(69)5)78-71-48(7)38-63(50(9)52(71)11)62-37-47(6)70(51(10)49(62)8)77-58-33-43(2)68(73)44(3)34-58/h14-39,73H,1,40-42H2,2-13H3. The predicted octanol–water partition coefficient (Wildman–Crippen LogP) is 18.2. The predicted molar refractivity (Wildman–Crippen MR) is 330 cm³/mol. The van der Waals surface area contributed by atoms with Gasteiger partial charge in [-0.05, 0) is 244 Å². The van der Waals surface area contributed by atoms with Crippen molar-refractivity contribution < 1.29 is 37.9 Å². The minimum Gasteiger partial charge on any atom is -0.507 e. The van der Waals surface area contributed by atoms with Gasteiger partial charge in [-0.25, -0.2) is 0 Å². The molecule has 8 nitrogen and oxygen atoms in total. The number of rotatable bonds is 17. The second kappa shape index (κ2) is 22.6. The van der Waals surface area contributed by atoms with Crippen molar-refractivity contribution >= 4 is 24.1 Å². The van der Waals surface area contributed by atoms with Gasteiger partial charge >= 0.3 is 7.37 Å². The molecule has 0 bridgehead atoms. The monoisotopic (exact) mass is 1090 g/mol. The van der Waals surface area contributed by atoms with Crippen LogP contribution in [0.15, 0.2) is 158 Å². The second-order valence-electron chi connectivity index (χ2n) is 22.3. The highest BCUT2D eigenvalue weighted by atomic mass is 31.2. The van der Waals surface area contributed by atoms with Crippen LogP contribution in [0.5, 0.6) is 51.7 Å². The largest absolute Gasteiger partial charge is 0.507 e. The summed E-state index contributed by atoms with van der Waals surface area (Å²) in [6, 6.07) is 49.7. The van der Waals surface area contributed by atoms with E-state index >= 15 is 4.57 Å². The zero-order valence-electron chi connectivity index (χ0n) is 48.6. The molecule has 0 aliphatic carbocycles. The van der Waals surface area contributed by atoms with Crippen molar-refractivity contribution in [3.63, 3.8) is 0 Å². The molecular formula is C72H71O8P. The van der Waals surface area contributed by atoms with Gasteiger partial charge in [-0.1, -0.05) is 97.6 Å². The molecule has 10 rings (SSSR count). The molecule has 1 unspecified atom stereocenters. The molecule has 1 atom stereocenters. The normalized spacial score (nSPS) is 13.6. The minimum atomic E-state index is -3.74. The zero-order valence-corrected chi connectivity index (χ0v) is 49.5. The van der Waals surface area contributed by atoms with E-state index in [0.29, 0.717) is 52.4 Å². The average molecular weight is 1100 g/mol. The van der Waals surface area contributed by atoms with Gasteiger partial charge in [0, 0.05) is 12.0 Å². The zero-order chi connectivity index (χ0) is 57.5. The lowest BCUT2D eigenvalue weighted by atomic mass is 9.88. The number of phenols is 1. The van der Waals surface area contributed by atoms with Crippen LogP contribution in [0.3, 0.4) is 0 Å². The van der Waals surface area contributed by atoms with Crippen molar-refractivity contribution in [2.75, 3.05) is 0 Å². The topological polar surface area (TPSA) is 92.7 Å². The van der Waals surface area contributed by atoms with Gasteiger partial charge in [0.15, 0.2) is 0 Å². The van der Waals surface area contributed by atoms with Crippen LogP contribution < -0.4 is 38.8 Å². The van der Waals surface area contributed by atoms with Gasteiger partial charge in [-0.3, -0.25) is 4.57 Å². The van der Waals surface area contributed by atoms with Gasteiger partial charge < -0.3 is 33.3 Å². The first-order valence-electron chi connectivity index (χ1n) is 27.6. The SMILES string of the molecule is C=Cc1ccc(COc2ccc(OCc3ccc(CC(C)(C)Oc4c(C)cc(Oc5c(C)cc(-c6cc(C)c(Oc7cc(C)c(O)c(C)c7)c(C)c6C)c(C)c5C)cc4C)cc3)c(P3(=O)Oc4ccccc4-c4ccccc43)c2)cc1. The van der Waals surface area contributed by atoms with E-state index in [-0.39, 0.29) is 6.61 Å². The summed E-state index contributed by atoms with van der Waals surface area (Å²) in [6.45, 7) is 29.4. The van der Waals surface area contributed by atoms with Crippen LogP contribution in [-0.4, -0.2) is 10.7 Å². The fraction of sp³-hybridized carbons (Fsp3) is 0.222. The van der Waals surface area contributed by atoms with E-state index in [0.717, 1.165) is 123 Å². The molecule has 0 radical (unpaired) electrons. The van der Waals surface area contributed by atoms with Crippen LogP contribution in [0.4, 0.5) is 0 Å². The highest BCUT2D eigenvalue weighted by molar-refractivity contribution is 7.75. The summed E-state index contributed by atoms with van der Waals surface area (Å²) in [6.07, 6.45) is 2.47. The highest BCUT2D eigenvalue weighted by Gasteiger charge is 2.40. The molecule has 0 saturated heterocycles. The molecule has 412 valence electrons. The van der Waals surface area contributed by atoms with Gasteiger partial charge in [0.25, 0.3) is 0 Å². The third-order valence-corrected chi connectivity index (χ3v) is 18.1. The maximum absolute atomic E-state index is 15.6. The van der Waals surface area contributed by atoms with Crippen LogP contribution in [-0.2, 0) is 24.2 Å². The van der Waals surface area contributed by atoms with Crippen molar-refractivity contribution in [2.24, 2.45) is 0 Å². The fourth-order valence-corrected chi connectivity index (χ4v) is 13.4. The van der Waals surface area contributed by atoms with Crippen LogP contribution in [0.2, 0.25) is 0 Å². The quantitative estimate of drug-likeness (QED) is 0.0902. The third-order valence-electron chi connectivity index (χ3n) is 15.6. The number of benzene rings is 9. The number of fused-ring (bicyclic) bond motifs is 3. The number of phenolic OH excluding ortho intramolecular Hbond substituents is 1. The molecular weight excluding hydrogens is 1020 g/mol. The molecule has 81 heavy (non-hydrogen) atoms. The summed E-state index contributed by atoms with van der Waals surface area (Å²) in [5.41, 5.74) is 17.7. The van der Waals surface area contributed by atoms with Gasteiger partial charge in [0.2, 0.25) is 0 Å². The Morgan fingerprint density at radius 1 is 0.494 bits per heavy atom. The molecule has 1 N–H and O–H groups in total. The number of ether oxygens (including phenoxy) is 5. The Balaban J connectivity index is 0.822. The van der Waals surface area contributed by atoms with E-state index in [1.807, 2.05) is 117 Å². The van der Waals surface area contributed by atoms with Crippen LogP contribution in [0.25, 0.3) is 28.3 Å². The van der Waals surface area contributed by atoms with Gasteiger partial charge in [-0.2, -0.15) is 0 Å². The van der Waals surface area contributed by atoms with E-state index in [1.165, 1.54) is 0 Å². The molecule has 9 aromatic rings. The molecule has 0 aromatic heterocycles. The van der Waals surface area contributed by atoms with Gasteiger partial charge in [0.05, 0.1) is 10.6 Å². The van der Waals surface area contributed by atoms with E-state index in [1.54, 1.807) is 6.07 Å². The first kappa shape index (κ1) is 55.8. The number of para-hydroxylation sites is 1. The highest BCUT2D eigenvalue weighted by Crippen LogP contribution is 2.56. The molecule has 1 aliphatic heterocycles. The molecule has 0 amide bonds. The summed E-state index contributed by atoms with van der Waals surface area (Å²) in [4.78, 5) is 0. The fourth-order valence-electron chi connectivity index (χ4n) is 11.0. The Morgan fingerprint density at radius 3 is 1.57 bits per heavy atom. The Kier molecular flexibility index (Phi) is 15.6. The lowest BCUT2D eigenvalue weighted by Gasteiger charge is -2.30.